The van der Waals surface area contributed by atoms with Gasteiger partial charge in [-0.3, -0.25) is 5.32 Å². The molecule has 6 heteroatoms. The fraction of sp³-hybridized carbons (Fsp3) is 0.571. The van der Waals surface area contributed by atoms with Crippen LogP contribution < -0.4 is 5.32 Å². The van der Waals surface area contributed by atoms with E-state index in [1.807, 2.05) is 12.4 Å². The molecule has 4 aliphatic rings. The van der Waals surface area contributed by atoms with Crippen molar-refractivity contribution in [1.29, 1.82) is 5.26 Å². The molecule has 5 rings (SSSR count). The number of nitrogens with zero attached hydrogens (tertiary/aromatic N) is 2. The van der Waals surface area contributed by atoms with E-state index in [0.717, 1.165) is 17.8 Å². The number of benzene rings is 1. The number of carbonyl (C=O) groups is 1. The second kappa shape index (κ2) is 7.55. The molecule has 0 spiro atoms. The second-order valence-corrected chi connectivity index (χ2v) is 9.19. The Morgan fingerprint density at radius 3 is 2.33 bits per heavy atom. The van der Waals surface area contributed by atoms with Crippen molar-refractivity contribution in [3.63, 3.8) is 0 Å². The SMILES string of the molecule is CSC(=Nc1ccc(C(=O)OCC23CC4CC(CC(C4)C2)C3)cc1)NC#N. The lowest BCUT2D eigenvalue weighted by Crippen LogP contribution is -2.48. The molecule has 0 radical (unpaired) electrons. The normalized spacial score (nSPS) is 31.4. The van der Waals surface area contributed by atoms with E-state index in [-0.39, 0.29) is 11.4 Å². The quantitative estimate of drug-likeness (QED) is 0.273. The molecule has 5 nitrogen and oxygen atoms in total. The van der Waals surface area contributed by atoms with E-state index in [1.165, 1.54) is 50.3 Å². The number of hydrogen-bond acceptors (Lipinski definition) is 5. The zero-order valence-electron chi connectivity index (χ0n) is 15.6. The summed E-state index contributed by atoms with van der Waals surface area (Å²) in [4.78, 5) is 16.8. The monoisotopic (exact) mass is 383 g/mol. The van der Waals surface area contributed by atoms with Gasteiger partial charge in [0.1, 0.15) is 0 Å². The van der Waals surface area contributed by atoms with Gasteiger partial charge in [0.25, 0.3) is 0 Å². The van der Waals surface area contributed by atoms with Crippen molar-refractivity contribution in [1.82, 2.24) is 5.32 Å². The summed E-state index contributed by atoms with van der Waals surface area (Å²) in [7, 11) is 0. The molecule has 0 saturated heterocycles. The van der Waals surface area contributed by atoms with Crippen LogP contribution in [0.15, 0.2) is 29.3 Å². The molecule has 0 unspecified atom stereocenters. The van der Waals surface area contributed by atoms with E-state index in [2.05, 4.69) is 10.3 Å². The molecule has 1 N–H and O–H groups in total. The molecule has 0 heterocycles. The van der Waals surface area contributed by atoms with Gasteiger partial charge in [-0.05, 0) is 86.8 Å². The van der Waals surface area contributed by atoms with E-state index < -0.39 is 0 Å². The van der Waals surface area contributed by atoms with Crippen LogP contribution in [0.25, 0.3) is 0 Å². The summed E-state index contributed by atoms with van der Waals surface area (Å²) in [6.07, 6.45) is 11.6. The maximum atomic E-state index is 12.5. The molecule has 0 aromatic heterocycles. The summed E-state index contributed by atoms with van der Waals surface area (Å²) in [6.45, 7) is 0.567. The fourth-order valence-electron chi connectivity index (χ4n) is 5.73. The van der Waals surface area contributed by atoms with Crippen LogP contribution in [-0.4, -0.2) is 24.0 Å². The molecule has 142 valence electrons. The van der Waals surface area contributed by atoms with Gasteiger partial charge in [-0.15, -0.1) is 0 Å². The Kier molecular flexibility index (Phi) is 5.14. The van der Waals surface area contributed by atoms with Crippen molar-refractivity contribution >= 4 is 28.6 Å². The maximum absolute atomic E-state index is 12.5. The predicted molar refractivity (Wildman–Crippen MR) is 107 cm³/mol. The standard InChI is InChI=1S/C21H25N3O2S/c1-27-20(23-13-22)24-18-4-2-17(3-5-18)19(25)26-12-21-9-14-6-15(10-21)8-16(7-14)11-21/h2-5,14-16H,6-12H2,1H3,(H,23,24). The highest BCUT2D eigenvalue weighted by atomic mass is 32.2. The van der Waals surface area contributed by atoms with E-state index >= 15 is 0 Å². The third kappa shape index (κ3) is 3.98. The first-order valence-corrected chi connectivity index (χ1v) is 10.9. The summed E-state index contributed by atoms with van der Waals surface area (Å²) >= 11 is 1.36. The van der Waals surface area contributed by atoms with Crippen LogP contribution in [0.5, 0.6) is 0 Å². The Hall–Kier alpha value is -2.00. The summed E-state index contributed by atoms with van der Waals surface area (Å²) in [5.74, 6) is 2.33. The third-order valence-electron chi connectivity index (χ3n) is 6.36. The number of esters is 1. The summed E-state index contributed by atoms with van der Waals surface area (Å²) in [6, 6.07) is 7.03. The van der Waals surface area contributed by atoms with E-state index in [9.17, 15) is 4.79 Å². The van der Waals surface area contributed by atoms with E-state index in [0.29, 0.717) is 23.0 Å². The van der Waals surface area contributed by atoms with Crippen molar-refractivity contribution in [2.24, 2.45) is 28.2 Å². The Morgan fingerprint density at radius 2 is 1.81 bits per heavy atom. The molecule has 0 amide bonds. The number of nitriles is 1. The molecule has 1 aromatic carbocycles. The Labute approximate surface area is 164 Å². The minimum Gasteiger partial charge on any atom is -0.462 e. The average molecular weight is 384 g/mol. The third-order valence-corrected chi connectivity index (χ3v) is 6.94. The van der Waals surface area contributed by atoms with Gasteiger partial charge >= 0.3 is 5.97 Å². The molecule has 4 bridgehead atoms. The number of ether oxygens (including phenoxy) is 1. The number of aliphatic imine (C=N–C) groups is 1. The van der Waals surface area contributed by atoms with Gasteiger partial charge in [0.05, 0.1) is 17.9 Å². The van der Waals surface area contributed by atoms with Gasteiger partial charge in [0.15, 0.2) is 11.4 Å². The van der Waals surface area contributed by atoms with Crippen LogP contribution in [0.1, 0.15) is 48.9 Å². The first-order chi connectivity index (χ1) is 13.1. The smallest absolute Gasteiger partial charge is 0.338 e. The molecule has 4 saturated carbocycles. The molecule has 4 fully saturated rings. The van der Waals surface area contributed by atoms with Crippen molar-refractivity contribution in [2.75, 3.05) is 12.9 Å². The minimum absolute atomic E-state index is 0.241. The Bertz CT molecular complexity index is 746. The van der Waals surface area contributed by atoms with Gasteiger partial charge in [-0.1, -0.05) is 11.8 Å². The molecule has 27 heavy (non-hydrogen) atoms. The summed E-state index contributed by atoms with van der Waals surface area (Å²) < 4.78 is 5.76. The largest absolute Gasteiger partial charge is 0.462 e. The Morgan fingerprint density at radius 1 is 1.22 bits per heavy atom. The zero-order valence-corrected chi connectivity index (χ0v) is 16.4. The number of carbonyl (C=O) groups excluding carboxylic acids is 1. The van der Waals surface area contributed by atoms with Crippen molar-refractivity contribution < 1.29 is 9.53 Å². The molecule has 0 atom stereocenters. The van der Waals surface area contributed by atoms with Crippen LogP contribution in [0.2, 0.25) is 0 Å². The molecule has 4 aliphatic carbocycles. The van der Waals surface area contributed by atoms with Gasteiger partial charge < -0.3 is 4.74 Å². The van der Waals surface area contributed by atoms with Gasteiger partial charge in [0, 0.05) is 5.41 Å². The highest BCUT2D eigenvalue weighted by Gasteiger charge is 2.51. The topological polar surface area (TPSA) is 74.5 Å². The average Bonchev–Trinajstić information content (AvgIpc) is 2.65. The molecular weight excluding hydrogens is 358 g/mol. The minimum atomic E-state index is -0.249. The lowest BCUT2D eigenvalue weighted by Gasteiger charge is -2.56. The highest BCUT2D eigenvalue weighted by Crippen LogP contribution is 2.60. The number of thioether (sulfide) groups is 1. The summed E-state index contributed by atoms with van der Waals surface area (Å²) in [5.41, 5.74) is 1.49. The summed E-state index contributed by atoms with van der Waals surface area (Å²) in [5, 5.41) is 11.7. The number of hydrogen-bond donors (Lipinski definition) is 1. The van der Waals surface area contributed by atoms with Crippen LogP contribution in [0, 0.1) is 34.6 Å². The number of rotatable bonds is 4. The number of amidine groups is 1. The molecule has 0 aliphatic heterocycles. The number of nitrogens with one attached hydrogen (secondary N) is 1. The van der Waals surface area contributed by atoms with E-state index in [1.54, 1.807) is 24.3 Å². The van der Waals surface area contributed by atoms with Crippen molar-refractivity contribution in [3.05, 3.63) is 29.8 Å². The predicted octanol–water partition coefficient (Wildman–Crippen LogP) is 4.48. The van der Waals surface area contributed by atoms with Crippen LogP contribution >= 0.6 is 11.8 Å². The molecular formula is C21H25N3O2S. The molecule has 1 aromatic rings. The Balaban J connectivity index is 1.37. The fourth-order valence-corrected chi connectivity index (χ4v) is 6.07. The highest BCUT2D eigenvalue weighted by molar-refractivity contribution is 8.13. The second-order valence-electron chi connectivity index (χ2n) is 8.40. The van der Waals surface area contributed by atoms with E-state index in [4.69, 9.17) is 10.00 Å². The van der Waals surface area contributed by atoms with Crippen LogP contribution in [0.3, 0.4) is 0 Å². The van der Waals surface area contributed by atoms with Crippen LogP contribution in [-0.2, 0) is 4.74 Å². The first kappa shape index (κ1) is 18.4. The lowest BCUT2D eigenvalue weighted by atomic mass is 9.50. The van der Waals surface area contributed by atoms with Crippen molar-refractivity contribution in [2.45, 2.75) is 38.5 Å². The van der Waals surface area contributed by atoms with Gasteiger partial charge in [-0.2, -0.15) is 5.26 Å². The van der Waals surface area contributed by atoms with Crippen molar-refractivity contribution in [3.8, 4) is 6.19 Å². The van der Waals surface area contributed by atoms with Crippen LogP contribution in [0.4, 0.5) is 5.69 Å². The maximum Gasteiger partial charge on any atom is 0.338 e. The lowest BCUT2D eigenvalue weighted by molar-refractivity contribution is -0.0848. The van der Waals surface area contributed by atoms with Gasteiger partial charge in [0.2, 0.25) is 0 Å². The van der Waals surface area contributed by atoms with Gasteiger partial charge in [-0.25, -0.2) is 9.79 Å². The zero-order chi connectivity index (χ0) is 18.9. The first-order valence-electron chi connectivity index (χ1n) is 9.64.